The van der Waals surface area contributed by atoms with Gasteiger partial charge in [-0.05, 0) is 41.6 Å². The summed E-state index contributed by atoms with van der Waals surface area (Å²) in [6.45, 7) is 10.9. The van der Waals surface area contributed by atoms with E-state index in [0.29, 0.717) is 11.3 Å². The summed E-state index contributed by atoms with van der Waals surface area (Å²) in [6.07, 6.45) is 1.82. The third-order valence-corrected chi connectivity index (χ3v) is 4.37. The molecule has 2 aromatic rings. The summed E-state index contributed by atoms with van der Waals surface area (Å²) in [6, 6.07) is 7.96. The molecule has 3 heteroatoms. The van der Waals surface area contributed by atoms with Crippen molar-refractivity contribution in [2.45, 2.75) is 34.2 Å². The first-order valence-electron chi connectivity index (χ1n) is 7.12. The van der Waals surface area contributed by atoms with Crippen LogP contribution in [0.4, 0.5) is 0 Å². The van der Waals surface area contributed by atoms with Gasteiger partial charge in [-0.1, -0.05) is 45.4 Å². The van der Waals surface area contributed by atoms with E-state index in [9.17, 15) is 0 Å². The van der Waals surface area contributed by atoms with E-state index in [1.807, 2.05) is 24.4 Å². The number of nitrogens with zero attached hydrogens (tertiary/aromatic N) is 1. The number of benzene rings is 1. The molecule has 0 saturated heterocycles. The van der Waals surface area contributed by atoms with Crippen LogP contribution in [0.25, 0.3) is 10.9 Å². The molecule has 20 heavy (non-hydrogen) atoms. The number of hydrogen-bond acceptors (Lipinski definition) is 2. The summed E-state index contributed by atoms with van der Waals surface area (Å²) in [7, 11) is 0. The van der Waals surface area contributed by atoms with E-state index in [-0.39, 0.29) is 0 Å². The summed E-state index contributed by atoms with van der Waals surface area (Å²) < 4.78 is 0. The Morgan fingerprint density at radius 1 is 1.25 bits per heavy atom. The Labute approximate surface area is 126 Å². The van der Waals surface area contributed by atoms with Crippen molar-refractivity contribution in [2.75, 3.05) is 6.54 Å². The fraction of sp³-hybridized carbons (Fsp3) is 0.471. The van der Waals surface area contributed by atoms with Gasteiger partial charge >= 0.3 is 0 Å². The number of nitrogens with one attached hydrogen (secondary N) is 1. The quantitative estimate of drug-likeness (QED) is 0.886. The molecule has 0 spiro atoms. The summed E-state index contributed by atoms with van der Waals surface area (Å²) in [4.78, 5) is 4.46. The first-order chi connectivity index (χ1) is 9.39. The Kier molecular flexibility index (Phi) is 4.66. The largest absolute Gasteiger partial charge is 0.312 e. The lowest BCUT2D eigenvalue weighted by Gasteiger charge is -2.27. The van der Waals surface area contributed by atoms with Crippen molar-refractivity contribution in [3.8, 4) is 0 Å². The molecule has 1 aromatic heterocycles. The number of hydrogen-bond donors (Lipinski definition) is 1. The Morgan fingerprint density at radius 2 is 2.00 bits per heavy atom. The molecule has 0 radical (unpaired) electrons. The molecular formula is C17H23ClN2. The molecule has 0 saturated carbocycles. The third-order valence-electron chi connectivity index (χ3n) is 4.04. The van der Waals surface area contributed by atoms with Crippen molar-refractivity contribution in [3.05, 3.63) is 41.0 Å². The lowest BCUT2D eigenvalue weighted by molar-refractivity contribution is 0.252. The minimum Gasteiger partial charge on any atom is -0.312 e. The van der Waals surface area contributed by atoms with Crippen LogP contribution >= 0.6 is 11.6 Å². The maximum Gasteiger partial charge on any atom is 0.0761 e. The molecule has 1 atom stereocenters. The highest BCUT2D eigenvalue weighted by Crippen LogP contribution is 2.26. The summed E-state index contributed by atoms with van der Waals surface area (Å²) >= 11 is 6.21. The number of pyridine rings is 1. The van der Waals surface area contributed by atoms with Crippen molar-refractivity contribution in [2.24, 2.45) is 11.3 Å². The predicted molar refractivity (Wildman–Crippen MR) is 87.1 cm³/mol. The SMILES string of the molecule is CC(CNCc1ccc(Cl)c2cccnc12)C(C)(C)C. The summed E-state index contributed by atoms with van der Waals surface area (Å²) in [5.41, 5.74) is 2.52. The van der Waals surface area contributed by atoms with E-state index in [2.05, 4.69) is 44.1 Å². The molecular weight excluding hydrogens is 268 g/mol. The standard InChI is InChI=1S/C17H23ClN2/c1-12(17(2,3)4)10-19-11-13-7-8-15(18)14-6-5-9-20-16(13)14/h5-9,12,19H,10-11H2,1-4H3. The molecule has 108 valence electrons. The van der Waals surface area contributed by atoms with Crippen molar-refractivity contribution in [1.82, 2.24) is 10.3 Å². The molecule has 0 aliphatic carbocycles. The van der Waals surface area contributed by atoms with E-state index in [1.54, 1.807) is 0 Å². The van der Waals surface area contributed by atoms with Crippen LogP contribution in [-0.4, -0.2) is 11.5 Å². The lowest BCUT2D eigenvalue weighted by atomic mass is 9.82. The lowest BCUT2D eigenvalue weighted by Crippen LogP contribution is -2.29. The molecule has 1 aromatic carbocycles. The van der Waals surface area contributed by atoms with Crippen LogP contribution in [0.5, 0.6) is 0 Å². The average molecular weight is 291 g/mol. The van der Waals surface area contributed by atoms with E-state index in [4.69, 9.17) is 11.6 Å². The van der Waals surface area contributed by atoms with Crippen LogP contribution in [-0.2, 0) is 6.54 Å². The van der Waals surface area contributed by atoms with E-state index >= 15 is 0 Å². The number of fused-ring (bicyclic) bond motifs is 1. The average Bonchev–Trinajstić information content (AvgIpc) is 2.40. The summed E-state index contributed by atoms with van der Waals surface area (Å²) in [5, 5.41) is 5.33. The monoisotopic (exact) mass is 290 g/mol. The van der Waals surface area contributed by atoms with Crippen molar-refractivity contribution in [1.29, 1.82) is 0 Å². The van der Waals surface area contributed by atoms with Crippen molar-refractivity contribution in [3.63, 3.8) is 0 Å². The molecule has 0 aliphatic heterocycles. The smallest absolute Gasteiger partial charge is 0.0761 e. The molecule has 2 rings (SSSR count). The maximum atomic E-state index is 6.21. The van der Waals surface area contributed by atoms with E-state index in [1.165, 1.54) is 5.56 Å². The highest BCUT2D eigenvalue weighted by Gasteiger charge is 2.19. The van der Waals surface area contributed by atoms with Gasteiger partial charge in [0.25, 0.3) is 0 Å². The first kappa shape index (κ1) is 15.3. The Bertz CT molecular complexity index is 587. The minimum absolute atomic E-state index is 0.327. The van der Waals surface area contributed by atoms with Gasteiger partial charge in [-0.25, -0.2) is 0 Å². The Hall–Kier alpha value is -1.12. The maximum absolute atomic E-state index is 6.21. The van der Waals surface area contributed by atoms with Gasteiger partial charge in [-0.15, -0.1) is 0 Å². The van der Waals surface area contributed by atoms with E-state index in [0.717, 1.165) is 29.0 Å². The van der Waals surface area contributed by atoms with Crippen LogP contribution in [0, 0.1) is 11.3 Å². The second kappa shape index (κ2) is 6.11. The number of aromatic nitrogens is 1. The molecule has 2 nitrogen and oxygen atoms in total. The number of rotatable bonds is 4. The van der Waals surface area contributed by atoms with Gasteiger partial charge in [-0.2, -0.15) is 0 Å². The normalized spacial score (nSPS) is 13.7. The van der Waals surface area contributed by atoms with Gasteiger partial charge in [0.05, 0.1) is 5.52 Å². The highest BCUT2D eigenvalue weighted by atomic mass is 35.5. The van der Waals surface area contributed by atoms with Gasteiger partial charge in [0.2, 0.25) is 0 Å². The molecule has 1 heterocycles. The zero-order valence-corrected chi connectivity index (χ0v) is 13.5. The molecule has 1 N–H and O–H groups in total. The predicted octanol–water partition coefficient (Wildman–Crippen LogP) is 4.66. The first-order valence-corrected chi connectivity index (χ1v) is 7.50. The van der Waals surface area contributed by atoms with E-state index < -0.39 is 0 Å². The topological polar surface area (TPSA) is 24.9 Å². The Balaban J connectivity index is 2.10. The second-order valence-corrected chi connectivity index (χ2v) is 6.91. The van der Waals surface area contributed by atoms with Gasteiger partial charge in [0.15, 0.2) is 0 Å². The molecule has 0 amide bonds. The van der Waals surface area contributed by atoms with Crippen molar-refractivity contribution < 1.29 is 0 Å². The van der Waals surface area contributed by atoms with Gasteiger partial charge < -0.3 is 5.32 Å². The third kappa shape index (κ3) is 3.50. The van der Waals surface area contributed by atoms with Crippen LogP contribution in [0.15, 0.2) is 30.5 Å². The highest BCUT2D eigenvalue weighted by molar-refractivity contribution is 6.35. The zero-order valence-electron chi connectivity index (χ0n) is 12.7. The molecule has 0 fully saturated rings. The minimum atomic E-state index is 0.327. The molecule has 0 bridgehead atoms. The van der Waals surface area contributed by atoms with Crippen LogP contribution in [0.3, 0.4) is 0 Å². The van der Waals surface area contributed by atoms with Crippen molar-refractivity contribution >= 4 is 22.5 Å². The molecule has 1 unspecified atom stereocenters. The summed E-state index contributed by atoms with van der Waals surface area (Å²) in [5.74, 6) is 0.619. The number of halogens is 1. The zero-order chi connectivity index (χ0) is 14.8. The Morgan fingerprint density at radius 3 is 2.70 bits per heavy atom. The second-order valence-electron chi connectivity index (χ2n) is 6.50. The van der Waals surface area contributed by atoms with Gasteiger partial charge in [0, 0.05) is 23.2 Å². The van der Waals surface area contributed by atoms with Crippen LogP contribution < -0.4 is 5.32 Å². The van der Waals surface area contributed by atoms with Gasteiger partial charge in [-0.3, -0.25) is 4.98 Å². The van der Waals surface area contributed by atoms with Crippen LogP contribution in [0.2, 0.25) is 5.02 Å². The fourth-order valence-electron chi connectivity index (χ4n) is 2.07. The molecule has 0 aliphatic rings. The fourth-order valence-corrected chi connectivity index (χ4v) is 2.28. The van der Waals surface area contributed by atoms with Crippen LogP contribution in [0.1, 0.15) is 33.3 Å². The van der Waals surface area contributed by atoms with Gasteiger partial charge in [0.1, 0.15) is 0 Å².